The maximum absolute atomic E-state index is 12.1. The van der Waals surface area contributed by atoms with E-state index in [9.17, 15) is 9.59 Å². The summed E-state index contributed by atoms with van der Waals surface area (Å²) in [5, 5.41) is 0. The second-order valence-electron chi connectivity index (χ2n) is 6.15. The van der Waals surface area contributed by atoms with E-state index in [1.54, 1.807) is 9.80 Å². The van der Waals surface area contributed by atoms with Crippen LogP contribution in [-0.4, -0.2) is 53.8 Å². The van der Waals surface area contributed by atoms with Crippen molar-refractivity contribution in [3.8, 4) is 0 Å². The molecule has 114 valence electrons. The molecule has 2 amide bonds. The van der Waals surface area contributed by atoms with Crippen LogP contribution >= 0.6 is 0 Å². The van der Waals surface area contributed by atoms with Crippen molar-refractivity contribution in [1.29, 1.82) is 0 Å². The van der Waals surface area contributed by atoms with Gasteiger partial charge in [-0.15, -0.1) is 0 Å². The molecule has 2 N–H and O–H groups in total. The quantitative estimate of drug-likeness (QED) is 0.816. The van der Waals surface area contributed by atoms with Gasteiger partial charge in [-0.2, -0.15) is 0 Å². The highest BCUT2D eigenvalue weighted by Crippen LogP contribution is 2.26. The fourth-order valence-electron chi connectivity index (χ4n) is 3.31. The summed E-state index contributed by atoms with van der Waals surface area (Å²) < 4.78 is 0. The molecule has 1 saturated carbocycles. The number of piperazine rings is 1. The third-order valence-electron chi connectivity index (χ3n) is 4.54. The molecule has 1 saturated heterocycles. The average molecular weight is 281 g/mol. The number of rotatable bonds is 5. The molecule has 2 aliphatic rings. The first-order valence-electron chi connectivity index (χ1n) is 7.93. The van der Waals surface area contributed by atoms with Gasteiger partial charge in [-0.3, -0.25) is 9.59 Å². The van der Waals surface area contributed by atoms with Crippen LogP contribution in [0.2, 0.25) is 0 Å². The average Bonchev–Trinajstić information content (AvgIpc) is 2.45. The van der Waals surface area contributed by atoms with Crippen molar-refractivity contribution < 1.29 is 9.59 Å². The Balaban J connectivity index is 1.86. The summed E-state index contributed by atoms with van der Waals surface area (Å²) in [5.74, 6) is 0.618. The monoisotopic (exact) mass is 281 g/mol. The summed E-state index contributed by atoms with van der Waals surface area (Å²) in [6.45, 7) is 3.66. The van der Waals surface area contributed by atoms with Gasteiger partial charge in [-0.25, -0.2) is 0 Å². The van der Waals surface area contributed by atoms with E-state index in [1.165, 1.54) is 32.1 Å². The SMILES string of the molecule is CCCN1CC(=O)N(CC(N)C2CCCCC2)CC1=O. The van der Waals surface area contributed by atoms with E-state index < -0.39 is 0 Å². The van der Waals surface area contributed by atoms with E-state index in [-0.39, 0.29) is 30.9 Å². The highest BCUT2D eigenvalue weighted by molar-refractivity contribution is 5.92. The van der Waals surface area contributed by atoms with E-state index in [0.29, 0.717) is 19.0 Å². The van der Waals surface area contributed by atoms with Crippen molar-refractivity contribution in [2.45, 2.75) is 51.5 Å². The van der Waals surface area contributed by atoms with Gasteiger partial charge >= 0.3 is 0 Å². The van der Waals surface area contributed by atoms with Crippen LogP contribution < -0.4 is 5.73 Å². The first-order chi connectivity index (χ1) is 9.61. The van der Waals surface area contributed by atoms with Gasteiger partial charge in [0, 0.05) is 19.1 Å². The lowest BCUT2D eigenvalue weighted by Gasteiger charge is -2.37. The minimum Gasteiger partial charge on any atom is -0.332 e. The van der Waals surface area contributed by atoms with Crippen LogP contribution in [0.25, 0.3) is 0 Å². The first-order valence-corrected chi connectivity index (χ1v) is 7.93. The van der Waals surface area contributed by atoms with Gasteiger partial charge in [0.15, 0.2) is 0 Å². The number of nitrogens with two attached hydrogens (primary N) is 1. The molecule has 0 bridgehead atoms. The van der Waals surface area contributed by atoms with Gasteiger partial charge in [0.25, 0.3) is 0 Å². The molecule has 20 heavy (non-hydrogen) atoms. The fraction of sp³-hybridized carbons (Fsp3) is 0.867. The third-order valence-corrected chi connectivity index (χ3v) is 4.54. The van der Waals surface area contributed by atoms with Crippen molar-refractivity contribution >= 4 is 11.8 Å². The molecule has 0 radical (unpaired) electrons. The lowest BCUT2D eigenvalue weighted by molar-refractivity contribution is -0.150. The Kier molecular flexibility index (Phi) is 5.40. The van der Waals surface area contributed by atoms with Gasteiger partial charge in [0.05, 0.1) is 13.1 Å². The normalized spacial score (nSPS) is 23.3. The maximum atomic E-state index is 12.1. The van der Waals surface area contributed by atoms with Crippen molar-refractivity contribution in [3.63, 3.8) is 0 Å². The minimum absolute atomic E-state index is 0.0183. The Morgan fingerprint density at radius 1 is 1.10 bits per heavy atom. The van der Waals surface area contributed by atoms with Crippen LogP contribution in [0, 0.1) is 5.92 Å². The molecule has 2 fully saturated rings. The van der Waals surface area contributed by atoms with Gasteiger partial charge in [0.1, 0.15) is 0 Å². The zero-order chi connectivity index (χ0) is 14.5. The van der Waals surface area contributed by atoms with Crippen molar-refractivity contribution in [2.75, 3.05) is 26.2 Å². The summed E-state index contributed by atoms with van der Waals surface area (Å²) in [7, 11) is 0. The molecule has 5 nitrogen and oxygen atoms in total. The minimum atomic E-state index is 0.0183. The molecule has 1 aliphatic carbocycles. The summed E-state index contributed by atoms with van der Waals surface area (Å²) >= 11 is 0. The molecular formula is C15H27N3O2. The summed E-state index contributed by atoms with van der Waals surface area (Å²) in [6, 6.07) is 0.0183. The van der Waals surface area contributed by atoms with E-state index in [2.05, 4.69) is 0 Å². The van der Waals surface area contributed by atoms with Crippen molar-refractivity contribution in [3.05, 3.63) is 0 Å². The highest BCUT2D eigenvalue weighted by Gasteiger charge is 2.31. The predicted molar refractivity (Wildman–Crippen MR) is 78.0 cm³/mol. The number of carbonyl (C=O) groups excluding carboxylic acids is 2. The highest BCUT2D eigenvalue weighted by atomic mass is 16.2. The first kappa shape index (κ1) is 15.3. The standard InChI is InChI=1S/C15H27N3O2/c1-2-8-17-10-15(20)18(11-14(17)19)9-13(16)12-6-4-3-5-7-12/h12-13H,2-11,16H2,1H3. The van der Waals surface area contributed by atoms with Crippen LogP contribution in [0.3, 0.4) is 0 Å². The molecule has 1 unspecified atom stereocenters. The summed E-state index contributed by atoms with van der Waals surface area (Å²) in [6.07, 6.45) is 7.01. The number of hydrogen-bond donors (Lipinski definition) is 1. The molecule has 5 heteroatoms. The van der Waals surface area contributed by atoms with E-state index in [1.807, 2.05) is 6.92 Å². The molecule has 0 aromatic rings. The van der Waals surface area contributed by atoms with Crippen molar-refractivity contribution in [1.82, 2.24) is 9.80 Å². The summed E-state index contributed by atoms with van der Waals surface area (Å²) in [5.41, 5.74) is 6.26. The fourth-order valence-corrected chi connectivity index (χ4v) is 3.31. The Hall–Kier alpha value is -1.10. The lowest BCUT2D eigenvalue weighted by Crippen LogP contribution is -2.57. The van der Waals surface area contributed by atoms with Gasteiger partial charge < -0.3 is 15.5 Å². The maximum Gasteiger partial charge on any atom is 0.242 e. The molecule has 2 rings (SSSR count). The van der Waals surface area contributed by atoms with E-state index in [0.717, 1.165) is 6.42 Å². The molecular weight excluding hydrogens is 254 g/mol. The molecule has 0 aromatic carbocycles. The van der Waals surface area contributed by atoms with Crippen LogP contribution in [0.4, 0.5) is 0 Å². The van der Waals surface area contributed by atoms with Gasteiger partial charge in [-0.05, 0) is 25.2 Å². The lowest BCUT2D eigenvalue weighted by atomic mass is 9.84. The summed E-state index contributed by atoms with van der Waals surface area (Å²) in [4.78, 5) is 27.4. The molecule has 0 aromatic heterocycles. The largest absolute Gasteiger partial charge is 0.332 e. The predicted octanol–water partition coefficient (Wildman–Crippen LogP) is 0.975. The molecule has 0 spiro atoms. The van der Waals surface area contributed by atoms with Crippen LogP contribution in [0.1, 0.15) is 45.4 Å². The van der Waals surface area contributed by atoms with Gasteiger partial charge in [0.2, 0.25) is 11.8 Å². The second-order valence-corrected chi connectivity index (χ2v) is 6.15. The Morgan fingerprint density at radius 3 is 2.35 bits per heavy atom. The van der Waals surface area contributed by atoms with Gasteiger partial charge in [-0.1, -0.05) is 26.2 Å². The van der Waals surface area contributed by atoms with Crippen LogP contribution in [0.5, 0.6) is 0 Å². The molecule has 1 heterocycles. The zero-order valence-electron chi connectivity index (χ0n) is 12.5. The Bertz CT molecular complexity index is 353. The number of carbonyl (C=O) groups is 2. The number of amides is 2. The Labute approximate surface area is 121 Å². The van der Waals surface area contributed by atoms with Crippen LogP contribution in [0.15, 0.2) is 0 Å². The Morgan fingerprint density at radius 2 is 1.70 bits per heavy atom. The number of hydrogen-bond acceptors (Lipinski definition) is 3. The van der Waals surface area contributed by atoms with E-state index >= 15 is 0 Å². The molecule has 1 atom stereocenters. The van der Waals surface area contributed by atoms with Crippen molar-refractivity contribution in [2.24, 2.45) is 11.7 Å². The molecule has 1 aliphatic heterocycles. The topological polar surface area (TPSA) is 66.6 Å². The van der Waals surface area contributed by atoms with E-state index in [4.69, 9.17) is 5.73 Å². The number of nitrogens with zero attached hydrogens (tertiary/aromatic N) is 2. The van der Waals surface area contributed by atoms with Crippen LogP contribution in [-0.2, 0) is 9.59 Å². The third kappa shape index (κ3) is 3.72. The zero-order valence-corrected chi connectivity index (χ0v) is 12.5. The second kappa shape index (κ2) is 7.07. The smallest absolute Gasteiger partial charge is 0.242 e.